The Morgan fingerprint density at radius 1 is 1.19 bits per heavy atom. The van der Waals surface area contributed by atoms with Crippen molar-refractivity contribution in [2.75, 3.05) is 7.11 Å². The maximum Gasteiger partial charge on any atom is 0.0842 e. The first-order valence-electron chi connectivity index (χ1n) is 7.55. The van der Waals surface area contributed by atoms with Crippen molar-refractivity contribution in [3.8, 4) is 0 Å². The van der Waals surface area contributed by atoms with Crippen molar-refractivity contribution in [2.24, 2.45) is 5.84 Å². The van der Waals surface area contributed by atoms with Crippen LogP contribution in [0, 0.1) is 0 Å². The van der Waals surface area contributed by atoms with Gasteiger partial charge in [-0.2, -0.15) is 0 Å². The first-order valence-corrected chi connectivity index (χ1v) is 7.55. The number of pyridine rings is 1. The second kappa shape index (κ2) is 6.98. The third kappa shape index (κ3) is 3.23. The first kappa shape index (κ1) is 15.9. The van der Waals surface area contributed by atoms with E-state index in [0.717, 1.165) is 35.9 Å². The highest BCUT2D eigenvalue weighted by Gasteiger charge is 2.35. The molecular weight excluding hydrogens is 262 g/mol. The van der Waals surface area contributed by atoms with E-state index in [1.807, 2.05) is 18.2 Å². The van der Waals surface area contributed by atoms with Crippen molar-refractivity contribution in [2.45, 2.75) is 44.8 Å². The SMILES string of the molecule is CCC(CC)(OC)C(Cc1ccc2ccccc2n1)NN. The minimum absolute atomic E-state index is 0.0335. The standard InChI is InChI=1S/C17H25N3O/c1-4-17(5-2,21-3)16(20-18)12-14-11-10-13-8-6-7-9-15(13)19-14/h6-11,16,20H,4-5,12,18H2,1-3H3. The molecule has 4 nitrogen and oxygen atoms in total. The molecule has 0 aliphatic rings. The maximum absolute atomic E-state index is 5.79. The Labute approximate surface area is 126 Å². The largest absolute Gasteiger partial charge is 0.377 e. The Balaban J connectivity index is 2.27. The number of nitrogens with one attached hydrogen (secondary N) is 1. The number of nitrogens with two attached hydrogens (primary N) is 1. The smallest absolute Gasteiger partial charge is 0.0842 e. The molecule has 1 heterocycles. The van der Waals surface area contributed by atoms with E-state index in [9.17, 15) is 0 Å². The molecular formula is C17H25N3O. The van der Waals surface area contributed by atoms with Gasteiger partial charge in [0.05, 0.1) is 17.2 Å². The third-order valence-electron chi connectivity index (χ3n) is 4.51. The van der Waals surface area contributed by atoms with Gasteiger partial charge in [0.1, 0.15) is 0 Å². The molecule has 1 unspecified atom stereocenters. The number of hydrogen-bond donors (Lipinski definition) is 2. The summed E-state index contributed by atoms with van der Waals surface area (Å²) in [5, 5.41) is 1.16. The molecule has 0 saturated heterocycles. The van der Waals surface area contributed by atoms with Crippen LogP contribution in [0.3, 0.4) is 0 Å². The molecule has 0 spiro atoms. The Bertz CT molecular complexity index is 573. The van der Waals surface area contributed by atoms with Gasteiger partial charge in [-0.1, -0.05) is 38.1 Å². The van der Waals surface area contributed by atoms with Gasteiger partial charge in [-0.05, 0) is 25.0 Å². The Hall–Kier alpha value is -1.49. The fraction of sp³-hybridized carbons (Fsp3) is 0.471. The average molecular weight is 287 g/mol. The number of hydrazine groups is 1. The lowest BCUT2D eigenvalue weighted by molar-refractivity contribution is -0.0475. The zero-order chi connectivity index (χ0) is 15.3. The van der Waals surface area contributed by atoms with Crippen LogP contribution in [0.25, 0.3) is 10.9 Å². The van der Waals surface area contributed by atoms with Gasteiger partial charge in [0.15, 0.2) is 0 Å². The molecule has 0 fully saturated rings. The highest BCUT2D eigenvalue weighted by atomic mass is 16.5. The van der Waals surface area contributed by atoms with Crippen molar-refractivity contribution < 1.29 is 4.74 Å². The molecule has 2 aromatic rings. The molecule has 2 rings (SSSR count). The number of para-hydroxylation sites is 1. The van der Waals surface area contributed by atoms with Crippen LogP contribution < -0.4 is 11.3 Å². The first-order chi connectivity index (χ1) is 10.2. The van der Waals surface area contributed by atoms with Crippen LogP contribution in [0.1, 0.15) is 32.4 Å². The molecule has 1 atom stereocenters. The van der Waals surface area contributed by atoms with E-state index in [0.29, 0.717) is 0 Å². The molecule has 0 aliphatic heterocycles. The van der Waals surface area contributed by atoms with Gasteiger partial charge in [-0.15, -0.1) is 0 Å². The third-order valence-corrected chi connectivity index (χ3v) is 4.51. The van der Waals surface area contributed by atoms with E-state index in [2.05, 4.69) is 37.5 Å². The van der Waals surface area contributed by atoms with Crippen LogP contribution in [0.15, 0.2) is 36.4 Å². The molecule has 21 heavy (non-hydrogen) atoms. The monoisotopic (exact) mass is 287 g/mol. The van der Waals surface area contributed by atoms with Gasteiger partial charge < -0.3 is 4.74 Å². The molecule has 1 aromatic heterocycles. The van der Waals surface area contributed by atoms with Crippen LogP contribution in [0.2, 0.25) is 0 Å². The minimum Gasteiger partial charge on any atom is -0.377 e. The predicted octanol–water partition coefficient (Wildman–Crippen LogP) is 2.81. The van der Waals surface area contributed by atoms with Crippen molar-refractivity contribution in [3.63, 3.8) is 0 Å². The number of hydrogen-bond acceptors (Lipinski definition) is 4. The molecule has 0 bridgehead atoms. The fourth-order valence-electron chi connectivity index (χ4n) is 3.00. The zero-order valence-electron chi connectivity index (χ0n) is 13.1. The molecule has 0 radical (unpaired) electrons. The van der Waals surface area contributed by atoms with Gasteiger partial charge in [0.2, 0.25) is 0 Å². The number of nitrogens with zero attached hydrogens (tertiary/aromatic N) is 1. The Morgan fingerprint density at radius 2 is 1.90 bits per heavy atom. The number of aromatic nitrogens is 1. The summed E-state index contributed by atoms with van der Waals surface area (Å²) >= 11 is 0. The summed E-state index contributed by atoms with van der Waals surface area (Å²) < 4.78 is 5.78. The predicted molar refractivity (Wildman–Crippen MR) is 86.9 cm³/mol. The van der Waals surface area contributed by atoms with Crippen LogP contribution in [-0.2, 0) is 11.2 Å². The molecule has 0 amide bonds. The average Bonchev–Trinajstić information content (AvgIpc) is 2.55. The number of methoxy groups -OCH3 is 1. The van der Waals surface area contributed by atoms with Gasteiger partial charge in [-0.3, -0.25) is 16.3 Å². The van der Waals surface area contributed by atoms with Gasteiger partial charge >= 0.3 is 0 Å². The molecule has 1 aromatic carbocycles. The van der Waals surface area contributed by atoms with E-state index in [-0.39, 0.29) is 11.6 Å². The minimum atomic E-state index is -0.262. The van der Waals surface area contributed by atoms with Crippen LogP contribution in [0.4, 0.5) is 0 Å². The lowest BCUT2D eigenvalue weighted by Gasteiger charge is -2.38. The quantitative estimate of drug-likeness (QED) is 0.607. The zero-order valence-corrected chi connectivity index (χ0v) is 13.1. The second-order valence-corrected chi connectivity index (χ2v) is 5.39. The fourth-order valence-corrected chi connectivity index (χ4v) is 3.00. The maximum atomic E-state index is 5.79. The highest BCUT2D eigenvalue weighted by Crippen LogP contribution is 2.26. The highest BCUT2D eigenvalue weighted by molar-refractivity contribution is 5.78. The van der Waals surface area contributed by atoms with Crippen LogP contribution in [0.5, 0.6) is 0 Å². The number of rotatable bonds is 7. The summed E-state index contributed by atoms with van der Waals surface area (Å²) in [5.74, 6) is 5.79. The molecule has 0 saturated carbocycles. The summed E-state index contributed by atoms with van der Waals surface area (Å²) in [4.78, 5) is 4.73. The van der Waals surface area contributed by atoms with Gasteiger partial charge in [0, 0.05) is 24.6 Å². The molecule has 0 aliphatic carbocycles. The summed E-state index contributed by atoms with van der Waals surface area (Å²) in [6.07, 6.45) is 2.56. The van der Waals surface area contributed by atoms with Crippen molar-refractivity contribution in [1.29, 1.82) is 0 Å². The van der Waals surface area contributed by atoms with E-state index in [4.69, 9.17) is 15.6 Å². The lowest BCUT2D eigenvalue weighted by Crippen LogP contribution is -2.55. The normalized spacial score (nSPS) is 13.5. The summed E-state index contributed by atoms with van der Waals surface area (Å²) in [5.41, 5.74) is 4.71. The topological polar surface area (TPSA) is 60.2 Å². The summed E-state index contributed by atoms with van der Waals surface area (Å²) in [7, 11) is 1.76. The van der Waals surface area contributed by atoms with Crippen molar-refractivity contribution in [3.05, 3.63) is 42.1 Å². The van der Waals surface area contributed by atoms with E-state index in [1.165, 1.54) is 0 Å². The van der Waals surface area contributed by atoms with E-state index < -0.39 is 0 Å². The molecule has 114 valence electrons. The summed E-state index contributed by atoms with van der Waals surface area (Å²) in [6.45, 7) is 4.26. The van der Waals surface area contributed by atoms with Crippen LogP contribution >= 0.6 is 0 Å². The lowest BCUT2D eigenvalue weighted by atomic mass is 9.85. The molecule has 4 heteroatoms. The van der Waals surface area contributed by atoms with E-state index >= 15 is 0 Å². The Morgan fingerprint density at radius 3 is 2.52 bits per heavy atom. The van der Waals surface area contributed by atoms with Gasteiger partial charge in [-0.25, -0.2) is 0 Å². The van der Waals surface area contributed by atoms with E-state index in [1.54, 1.807) is 7.11 Å². The molecule has 3 N–H and O–H groups in total. The van der Waals surface area contributed by atoms with Crippen molar-refractivity contribution in [1.82, 2.24) is 10.4 Å². The van der Waals surface area contributed by atoms with Crippen molar-refractivity contribution >= 4 is 10.9 Å². The summed E-state index contributed by atoms with van der Waals surface area (Å²) in [6, 6.07) is 12.4. The van der Waals surface area contributed by atoms with Crippen LogP contribution in [-0.4, -0.2) is 23.7 Å². The second-order valence-electron chi connectivity index (χ2n) is 5.39. The number of fused-ring (bicyclic) bond motifs is 1. The number of ether oxygens (including phenoxy) is 1. The van der Waals surface area contributed by atoms with Gasteiger partial charge in [0.25, 0.3) is 0 Å². The number of benzene rings is 1. The Kier molecular flexibility index (Phi) is 5.28.